The second-order valence-corrected chi connectivity index (χ2v) is 13.7. The number of nitrogens with two attached hydrogens (primary N) is 1. The normalized spacial score (nSPS) is 18.5. The number of fused-ring (bicyclic) bond motifs is 3. The number of aromatic nitrogens is 6. The summed E-state index contributed by atoms with van der Waals surface area (Å²) in [6.07, 6.45) is 7.99. The fraction of sp³-hybridized carbons (Fsp3) is 0.371. The number of hydrogen-bond acceptors (Lipinski definition) is 10. The van der Waals surface area contributed by atoms with E-state index in [1.807, 2.05) is 6.20 Å². The molecule has 5 N–H and O–H groups in total. The highest BCUT2D eigenvalue weighted by molar-refractivity contribution is 7.22. The fourth-order valence-corrected chi connectivity index (χ4v) is 7.90. The first-order chi connectivity index (χ1) is 23.6. The van der Waals surface area contributed by atoms with Crippen LogP contribution in [0, 0.1) is 0 Å². The number of benzene rings is 2. The zero-order chi connectivity index (χ0) is 34.7. The van der Waals surface area contributed by atoms with Crippen LogP contribution in [0.25, 0.3) is 53.7 Å². The van der Waals surface area contributed by atoms with Gasteiger partial charge in [-0.2, -0.15) is 10.2 Å². The molecule has 256 valence electrons. The maximum absolute atomic E-state index is 9.00. The maximum Gasteiger partial charge on any atom is 0.300 e. The lowest BCUT2D eigenvalue weighted by Gasteiger charge is -2.41. The number of nitrogen functional groups attached to an aromatic ring is 1. The number of aliphatic carboxylic acids is 2. The molecule has 1 saturated heterocycles. The molecular formula is C35H41N9O4S. The summed E-state index contributed by atoms with van der Waals surface area (Å²) >= 11 is 1.79. The molecule has 2 aliphatic rings. The average Bonchev–Trinajstić information content (AvgIpc) is 3.82. The maximum atomic E-state index is 9.00. The molecular weight excluding hydrogens is 643 g/mol. The standard InChI is InChI=1S/C31H33N9S.2C2H4O2/c1-38-10-12-39(13-11-38)22-6-8-23(9-7-22)40-31-27(30(32)33-18-34-31)29(37-40)20-14-21-17-35-36-28(21)24(15-20)26-16-19-4-2-3-5-25(19)41-26;2*1-2(3)4/h2-5,14-18,22-23H,6-13H2,1H3,(H,35,36)(H2,32,33,34);2*1H3,(H,3,4). The number of hydrogen-bond donors (Lipinski definition) is 4. The molecule has 13 nitrogen and oxygen atoms in total. The molecule has 6 aromatic rings. The van der Waals surface area contributed by atoms with E-state index in [1.165, 1.54) is 40.9 Å². The third-order valence-electron chi connectivity index (χ3n) is 9.10. The van der Waals surface area contributed by atoms with Gasteiger partial charge in [-0.25, -0.2) is 14.6 Å². The van der Waals surface area contributed by atoms with Crippen molar-refractivity contribution in [3.8, 4) is 21.7 Å². The highest BCUT2D eigenvalue weighted by atomic mass is 32.1. The number of aromatic amines is 1. The molecule has 5 heterocycles. The van der Waals surface area contributed by atoms with Gasteiger partial charge in [-0.3, -0.25) is 19.6 Å². The van der Waals surface area contributed by atoms with E-state index in [1.54, 1.807) is 17.7 Å². The minimum Gasteiger partial charge on any atom is -0.481 e. The molecule has 2 fully saturated rings. The van der Waals surface area contributed by atoms with Crippen LogP contribution in [0.2, 0.25) is 0 Å². The van der Waals surface area contributed by atoms with Crippen molar-refractivity contribution in [1.82, 2.24) is 39.7 Å². The van der Waals surface area contributed by atoms with Gasteiger partial charge in [0, 0.05) is 72.2 Å². The quantitative estimate of drug-likeness (QED) is 0.178. The first-order valence-corrected chi connectivity index (χ1v) is 17.2. The number of H-pyrrole nitrogens is 1. The van der Waals surface area contributed by atoms with Crippen molar-refractivity contribution >= 4 is 61.1 Å². The molecule has 0 radical (unpaired) electrons. The first kappa shape index (κ1) is 34.0. The second-order valence-electron chi connectivity index (χ2n) is 12.6. The Hall–Kier alpha value is -4.92. The van der Waals surface area contributed by atoms with E-state index in [-0.39, 0.29) is 0 Å². The van der Waals surface area contributed by atoms with E-state index < -0.39 is 11.9 Å². The number of thiophene rings is 1. The predicted molar refractivity (Wildman–Crippen MR) is 193 cm³/mol. The number of likely N-dealkylation sites (N-methyl/N-ethyl adjacent to an activating group) is 1. The van der Waals surface area contributed by atoms with Crippen molar-refractivity contribution in [1.29, 1.82) is 0 Å². The number of carboxylic acids is 2. The van der Waals surface area contributed by atoms with E-state index in [2.05, 4.69) is 79.2 Å². The minimum atomic E-state index is -0.833. The van der Waals surface area contributed by atoms with Crippen molar-refractivity contribution in [2.45, 2.75) is 51.6 Å². The first-order valence-electron chi connectivity index (χ1n) is 16.4. The largest absolute Gasteiger partial charge is 0.481 e. The van der Waals surface area contributed by atoms with Crippen LogP contribution in [0.4, 0.5) is 5.82 Å². The van der Waals surface area contributed by atoms with Crippen LogP contribution < -0.4 is 5.73 Å². The van der Waals surface area contributed by atoms with Gasteiger partial charge in [0.15, 0.2) is 5.65 Å². The van der Waals surface area contributed by atoms with E-state index in [0.29, 0.717) is 17.9 Å². The Labute approximate surface area is 287 Å². The highest BCUT2D eigenvalue weighted by Gasteiger charge is 2.31. The van der Waals surface area contributed by atoms with Crippen LogP contribution in [0.1, 0.15) is 45.6 Å². The van der Waals surface area contributed by atoms with Gasteiger partial charge < -0.3 is 20.8 Å². The molecule has 1 saturated carbocycles. The summed E-state index contributed by atoms with van der Waals surface area (Å²) < 4.78 is 3.40. The average molecular weight is 684 g/mol. The van der Waals surface area contributed by atoms with Crippen molar-refractivity contribution in [3.05, 3.63) is 55.0 Å². The van der Waals surface area contributed by atoms with Crippen LogP contribution >= 0.6 is 11.3 Å². The molecule has 14 heteroatoms. The van der Waals surface area contributed by atoms with E-state index >= 15 is 0 Å². The monoisotopic (exact) mass is 683 g/mol. The molecule has 0 atom stereocenters. The summed E-state index contributed by atoms with van der Waals surface area (Å²) in [4.78, 5) is 33.4. The van der Waals surface area contributed by atoms with Crippen LogP contribution in [-0.4, -0.2) is 101 Å². The van der Waals surface area contributed by atoms with Gasteiger partial charge >= 0.3 is 0 Å². The zero-order valence-corrected chi connectivity index (χ0v) is 28.7. The molecule has 1 aliphatic carbocycles. The topological polar surface area (TPSA) is 179 Å². The summed E-state index contributed by atoms with van der Waals surface area (Å²) in [6.45, 7) is 6.83. The molecule has 0 unspecified atom stereocenters. The SMILES string of the molecule is CC(=O)O.CC(=O)O.CN1CCN(C2CCC(n3nc(-c4cc(-c5cc6ccccc6s5)c5[nH]ncc5c4)c4c(N)ncnc43)CC2)CC1. The molecule has 8 rings (SSSR count). The molecule has 1 aliphatic heterocycles. The van der Waals surface area contributed by atoms with Crippen molar-refractivity contribution in [2.24, 2.45) is 0 Å². The smallest absolute Gasteiger partial charge is 0.300 e. The lowest BCUT2D eigenvalue weighted by molar-refractivity contribution is -0.135. The summed E-state index contributed by atoms with van der Waals surface area (Å²) in [5.41, 5.74) is 11.3. The van der Waals surface area contributed by atoms with Gasteiger partial charge in [0.25, 0.3) is 11.9 Å². The van der Waals surface area contributed by atoms with Crippen molar-refractivity contribution < 1.29 is 19.8 Å². The van der Waals surface area contributed by atoms with Crippen molar-refractivity contribution in [3.63, 3.8) is 0 Å². The van der Waals surface area contributed by atoms with Crippen molar-refractivity contribution in [2.75, 3.05) is 39.0 Å². The van der Waals surface area contributed by atoms with Gasteiger partial charge in [0.2, 0.25) is 0 Å². The van der Waals surface area contributed by atoms with Crippen LogP contribution in [0.15, 0.2) is 55.0 Å². The molecule has 4 aromatic heterocycles. The lowest BCUT2D eigenvalue weighted by atomic mass is 9.90. The predicted octanol–water partition coefficient (Wildman–Crippen LogP) is 5.75. The van der Waals surface area contributed by atoms with Gasteiger partial charge in [0.1, 0.15) is 17.8 Å². The Balaban J connectivity index is 0.000000473. The Morgan fingerprint density at radius 3 is 2.29 bits per heavy atom. The number of rotatable bonds is 4. The summed E-state index contributed by atoms with van der Waals surface area (Å²) in [5, 5.41) is 30.8. The van der Waals surface area contributed by atoms with E-state index in [9.17, 15) is 0 Å². The van der Waals surface area contributed by atoms with Gasteiger partial charge in [-0.05, 0) is 62.4 Å². The second kappa shape index (κ2) is 14.7. The summed E-state index contributed by atoms with van der Waals surface area (Å²) in [5.74, 6) is -1.20. The zero-order valence-electron chi connectivity index (χ0n) is 27.8. The lowest BCUT2D eigenvalue weighted by Crippen LogP contribution is -2.49. The Morgan fingerprint density at radius 1 is 0.918 bits per heavy atom. The molecule has 0 amide bonds. The summed E-state index contributed by atoms with van der Waals surface area (Å²) in [7, 11) is 2.22. The number of nitrogens with zero attached hydrogens (tertiary/aromatic N) is 7. The van der Waals surface area contributed by atoms with E-state index in [0.717, 1.165) is 78.5 Å². The third-order valence-corrected chi connectivity index (χ3v) is 10.2. The fourth-order valence-electron chi connectivity index (χ4n) is 6.81. The van der Waals surface area contributed by atoms with E-state index in [4.69, 9.17) is 35.6 Å². The molecule has 49 heavy (non-hydrogen) atoms. The Kier molecular flexibility index (Phi) is 10.2. The number of carboxylic acid groups (broad SMARTS) is 2. The Bertz CT molecular complexity index is 2040. The molecule has 0 bridgehead atoms. The van der Waals surface area contributed by atoms with Crippen LogP contribution in [0.3, 0.4) is 0 Å². The number of piperazine rings is 1. The third kappa shape index (κ3) is 7.56. The highest BCUT2D eigenvalue weighted by Crippen LogP contribution is 2.42. The Morgan fingerprint density at radius 2 is 1.59 bits per heavy atom. The van der Waals surface area contributed by atoms with Crippen LogP contribution in [0.5, 0.6) is 0 Å². The minimum absolute atomic E-state index is 0.295. The molecule has 0 spiro atoms. The number of carbonyl (C=O) groups is 2. The van der Waals surface area contributed by atoms with Gasteiger partial charge in [-0.15, -0.1) is 11.3 Å². The van der Waals surface area contributed by atoms with Gasteiger partial charge in [0.05, 0.1) is 23.1 Å². The van der Waals surface area contributed by atoms with Gasteiger partial charge in [-0.1, -0.05) is 18.2 Å². The molecule has 2 aromatic carbocycles. The number of nitrogens with one attached hydrogen (secondary N) is 1. The summed E-state index contributed by atoms with van der Waals surface area (Å²) in [6, 6.07) is 16.1. The van der Waals surface area contributed by atoms with Crippen LogP contribution in [-0.2, 0) is 9.59 Å². The number of anilines is 1.